The molecule has 0 bridgehead atoms. The summed E-state index contributed by atoms with van der Waals surface area (Å²) in [5.41, 5.74) is 10.4. The van der Waals surface area contributed by atoms with Gasteiger partial charge in [-0.15, -0.1) is 0 Å². The molecular weight excluding hydrogens is 272 g/mol. The number of fused-ring (bicyclic) bond motifs is 3. The van der Waals surface area contributed by atoms with Crippen LogP contribution in [0.3, 0.4) is 0 Å². The van der Waals surface area contributed by atoms with Gasteiger partial charge in [-0.2, -0.15) is 0 Å². The molecule has 1 atom stereocenters. The Labute approximate surface area is 130 Å². The summed E-state index contributed by atoms with van der Waals surface area (Å²) < 4.78 is 0. The molecule has 0 unspecified atom stereocenters. The molecule has 2 aliphatic heterocycles. The number of nitrogens with two attached hydrogens (primary N) is 1. The van der Waals surface area contributed by atoms with Crippen molar-refractivity contribution in [2.24, 2.45) is 15.7 Å². The fourth-order valence-electron chi connectivity index (χ4n) is 3.17. The van der Waals surface area contributed by atoms with Crippen molar-refractivity contribution in [2.75, 3.05) is 24.5 Å². The summed E-state index contributed by atoms with van der Waals surface area (Å²) in [6.45, 7) is 2.19. The Hall–Kier alpha value is -2.46. The summed E-state index contributed by atoms with van der Waals surface area (Å²) in [5.74, 6) is 1.00. The monoisotopic (exact) mass is 290 g/mol. The van der Waals surface area contributed by atoms with Gasteiger partial charge in [0.25, 0.3) is 0 Å². The van der Waals surface area contributed by atoms with Crippen LogP contribution in [0.2, 0.25) is 0 Å². The van der Waals surface area contributed by atoms with Crippen LogP contribution in [0.1, 0.15) is 11.1 Å². The average Bonchev–Trinajstić information content (AvgIpc) is 3.02. The Balaban J connectivity index is 1.96. The van der Waals surface area contributed by atoms with Gasteiger partial charge in [-0.1, -0.05) is 48.5 Å². The first-order chi connectivity index (χ1) is 10.9. The number of benzene rings is 2. The minimum atomic E-state index is -0.0786. The topological polar surface area (TPSA) is 54.0 Å². The lowest BCUT2D eigenvalue weighted by molar-refractivity contribution is 0.854. The zero-order chi connectivity index (χ0) is 14.9. The predicted octanol–water partition coefficient (Wildman–Crippen LogP) is 2.08. The quantitative estimate of drug-likeness (QED) is 0.920. The largest absolute Gasteiger partial charge is 0.328 e. The maximum atomic E-state index is 5.99. The van der Waals surface area contributed by atoms with Crippen LogP contribution in [0.4, 0.5) is 5.69 Å². The van der Waals surface area contributed by atoms with Crippen molar-refractivity contribution in [1.29, 1.82) is 0 Å². The lowest BCUT2D eigenvalue weighted by atomic mass is 10.0. The summed E-state index contributed by atoms with van der Waals surface area (Å²) in [4.78, 5) is 11.9. The van der Waals surface area contributed by atoms with E-state index in [4.69, 9.17) is 10.7 Å². The maximum Gasteiger partial charge on any atom is 0.130 e. The molecule has 4 rings (SSSR count). The summed E-state index contributed by atoms with van der Waals surface area (Å²) in [6.07, 6.45) is 0. The van der Waals surface area contributed by atoms with Gasteiger partial charge in [0.15, 0.2) is 0 Å². The van der Waals surface area contributed by atoms with Crippen LogP contribution in [-0.2, 0) is 0 Å². The Kier molecular flexibility index (Phi) is 3.24. The molecule has 0 fully saturated rings. The predicted molar refractivity (Wildman–Crippen MR) is 91.0 cm³/mol. The van der Waals surface area contributed by atoms with Crippen LogP contribution in [0.5, 0.6) is 0 Å². The molecular formula is C18H18N4. The number of hydrogen-bond donors (Lipinski definition) is 1. The van der Waals surface area contributed by atoms with Gasteiger partial charge in [-0.3, -0.25) is 9.98 Å². The van der Waals surface area contributed by atoms with E-state index in [9.17, 15) is 0 Å². The second-order valence-corrected chi connectivity index (χ2v) is 5.50. The molecule has 2 aromatic rings. The molecule has 0 aliphatic carbocycles. The van der Waals surface area contributed by atoms with E-state index in [0.717, 1.165) is 35.8 Å². The van der Waals surface area contributed by atoms with E-state index in [1.165, 1.54) is 5.69 Å². The van der Waals surface area contributed by atoms with Gasteiger partial charge in [0.1, 0.15) is 11.9 Å². The van der Waals surface area contributed by atoms with Crippen molar-refractivity contribution in [2.45, 2.75) is 6.04 Å². The number of amidine groups is 1. The molecule has 2 aromatic carbocycles. The average molecular weight is 290 g/mol. The third-order valence-electron chi connectivity index (χ3n) is 4.18. The van der Waals surface area contributed by atoms with Crippen LogP contribution >= 0.6 is 0 Å². The molecule has 0 amide bonds. The van der Waals surface area contributed by atoms with E-state index in [2.05, 4.69) is 46.3 Å². The second kappa shape index (κ2) is 5.39. The van der Waals surface area contributed by atoms with Gasteiger partial charge in [-0.25, -0.2) is 0 Å². The van der Waals surface area contributed by atoms with Crippen molar-refractivity contribution in [3.05, 3.63) is 65.7 Å². The van der Waals surface area contributed by atoms with Crippen LogP contribution in [0.15, 0.2) is 64.6 Å². The van der Waals surface area contributed by atoms with Crippen molar-refractivity contribution in [1.82, 2.24) is 0 Å². The van der Waals surface area contributed by atoms with Gasteiger partial charge in [-0.05, 0) is 6.07 Å². The summed E-state index contributed by atoms with van der Waals surface area (Å²) >= 11 is 0. The Bertz CT molecular complexity index is 749. The molecule has 2 N–H and O–H groups in total. The minimum Gasteiger partial charge on any atom is -0.328 e. The van der Waals surface area contributed by atoms with Crippen molar-refractivity contribution in [3.63, 3.8) is 0 Å². The number of rotatable bonds is 2. The standard InChI is InChI=1S/C18H18N4/c19-12-15-18-20-10-11-22(18)16-9-5-4-8-14(16)17(21-15)13-6-2-1-3-7-13/h1-9,15H,10-12,19H2/t15-/m0/s1. The zero-order valence-corrected chi connectivity index (χ0v) is 12.3. The fraction of sp³-hybridized carbons (Fsp3) is 0.222. The van der Waals surface area contributed by atoms with Crippen LogP contribution in [-0.4, -0.2) is 37.2 Å². The Morgan fingerprint density at radius 2 is 1.82 bits per heavy atom. The first kappa shape index (κ1) is 13.2. The first-order valence-electron chi connectivity index (χ1n) is 7.63. The number of nitrogens with zero attached hydrogens (tertiary/aromatic N) is 3. The molecule has 22 heavy (non-hydrogen) atoms. The summed E-state index contributed by atoms with van der Waals surface area (Å²) in [7, 11) is 0. The lowest BCUT2D eigenvalue weighted by Gasteiger charge is -2.22. The molecule has 110 valence electrons. The first-order valence-corrected chi connectivity index (χ1v) is 7.63. The van der Waals surface area contributed by atoms with E-state index >= 15 is 0 Å². The molecule has 4 heteroatoms. The number of anilines is 1. The third-order valence-corrected chi connectivity index (χ3v) is 4.18. The van der Waals surface area contributed by atoms with Crippen LogP contribution in [0.25, 0.3) is 0 Å². The molecule has 0 saturated carbocycles. The van der Waals surface area contributed by atoms with E-state index < -0.39 is 0 Å². The minimum absolute atomic E-state index is 0.0786. The van der Waals surface area contributed by atoms with E-state index in [1.807, 2.05) is 18.2 Å². The highest BCUT2D eigenvalue weighted by atomic mass is 15.3. The van der Waals surface area contributed by atoms with Crippen molar-refractivity contribution in [3.8, 4) is 0 Å². The SMILES string of the molecule is NC[C@@H]1N=C(c2ccccc2)c2ccccc2N2CCN=C12. The van der Waals surface area contributed by atoms with E-state index in [-0.39, 0.29) is 6.04 Å². The van der Waals surface area contributed by atoms with Gasteiger partial charge < -0.3 is 10.6 Å². The van der Waals surface area contributed by atoms with Gasteiger partial charge >= 0.3 is 0 Å². The van der Waals surface area contributed by atoms with Gasteiger partial charge in [0.2, 0.25) is 0 Å². The molecule has 2 heterocycles. The highest BCUT2D eigenvalue weighted by Crippen LogP contribution is 2.30. The van der Waals surface area contributed by atoms with Crippen LogP contribution in [0, 0.1) is 0 Å². The number of hydrogen-bond acceptors (Lipinski definition) is 4. The summed E-state index contributed by atoms with van der Waals surface area (Å²) in [5, 5.41) is 0. The zero-order valence-electron chi connectivity index (χ0n) is 12.3. The molecule has 2 aliphatic rings. The summed E-state index contributed by atoms with van der Waals surface area (Å²) in [6, 6.07) is 18.6. The third kappa shape index (κ3) is 2.04. The van der Waals surface area contributed by atoms with E-state index in [1.54, 1.807) is 0 Å². The van der Waals surface area contributed by atoms with E-state index in [0.29, 0.717) is 6.54 Å². The Morgan fingerprint density at radius 1 is 1.05 bits per heavy atom. The van der Waals surface area contributed by atoms with Gasteiger partial charge in [0.05, 0.1) is 17.9 Å². The molecule has 0 spiro atoms. The highest BCUT2D eigenvalue weighted by molar-refractivity contribution is 6.21. The van der Waals surface area contributed by atoms with Crippen molar-refractivity contribution >= 4 is 17.2 Å². The van der Waals surface area contributed by atoms with Crippen LogP contribution < -0.4 is 10.6 Å². The normalized spacial score (nSPS) is 19.9. The molecule has 0 radical (unpaired) electrons. The molecule has 4 nitrogen and oxygen atoms in total. The smallest absolute Gasteiger partial charge is 0.130 e. The Morgan fingerprint density at radius 3 is 2.64 bits per heavy atom. The molecule has 0 aromatic heterocycles. The maximum absolute atomic E-state index is 5.99. The number of aliphatic imine (C=N–C) groups is 2. The second-order valence-electron chi connectivity index (χ2n) is 5.50. The molecule has 0 saturated heterocycles. The lowest BCUT2D eigenvalue weighted by Crippen LogP contribution is -2.38. The van der Waals surface area contributed by atoms with Gasteiger partial charge in [0, 0.05) is 24.2 Å². The van der Waals surface area contributed by atoms with Crippen molar-refractivity contribution < 1.29 is 0 Å². The highest BCUT2D eigenvalue weighted by Gasteiger charge is 2.31. The fourth-order valence-corrected chi connectivity index (χ4v) is 3.17. The number of para-hydroxylation sites is 1.